The van der Waals surface area contributed by atoms with Crippen LogP contribution in [0.4, 0.5) is 0 Å². The first-order valence-electron chi connectivity index (χ1n) is 6.58. The molecule has 1 aliphatic rings. The molecule has 1 aliphatic carbocycles. The Balaban J connectivity index is 2.01. The minimum Gasteiger partial charge on any atom is -0.316 e. The Kier molecular flexibility index (Phi) is 4.42. The van der Waals surface area contributed by atoms with E-state index in [4.69, 9.17) is 0 Å². The molecule has 1 aromatic rings. The van der Waals surface area contributed by atoms with Gasteiger partial charge in [-0.25, -0.2) is 0 Å². The molecule has 16 heavy (non-hydrogen) atoms. The maximum absolute atomic E-state index is 3.58. The molecule has 0 unspecified atom stereocenters. The highest BCUT2D eigenvalue weighted by molar-refractivity contribution is 7.09. The second-order valence-electron chi connectivity index (χ2n) is 5.10. The Hall–Kier alpha value is -0.340. The third-order valence-electron chi connectivity index (χ3n) is 3.79. The van der Waals surface area contributed by atoms with Crippen molar-refractivity contribution in [2.24, 2.45) is 5.41 Å². The minimum atomic E-state index is 0.555. The van der Waals surface area contributed by atoms with Crippen molar-refractivity contribution in [3.05, 3.63) is 22.4 Å². The zero-order chi connectivity index (χ0) is 11.3. The molecule has 2 heteroatoms. The quantitative estimate of drug-likeness (QED) is 0.820. The van der Waals surface area contributed by atoms with E-state index in [0.29, 0.717) is 5.41 Å². The molecule has 1 heterocycles. The van der Waals surface area contributed by atoms with Crippen LogP contribution in [0.15, 0.2) is 17.5 Å². The summed E-state index contributed by atoms with van der Waals surface area (Å²) in [5.74, 6) is 0. The van der Waals surface area contributed by atoms with Gasteiger partial charge >= 0.3 is 0 Å². The number of thiophene rings is 1. The van der Waals surface area contributed by atoms with E-state index in [1.165, 1.54) is 45.1 Å². The molecule has 0 spiro atoms. The topological polar surface area (TPSA) is 12.0 Å². The summed E-state index contributed by atoms with van der Waals surface area (Å²) in [6.45, 7) is 4.52. The Morgan fingerprint density at radius 3 is 2.75 bits per heavy atom. The fourth-order valence-corrected chi connectivity index (χ4v) is 3.77. The summed E-state index contributed by atoms with van der Waals surface area (Å²) in [7, 11) is 0. The predicted octanol–water partition coefficient (Wildman–Crippen LogP) is 3.85. The van der Waals surface area contributed by atoms with E-state index in [9.17, 15) is 0 Å². The van der Waals surface area contributed by atoms with Gasteiger partial charge in [0.1, 0.15) is 0 Å². The van der Waals surface area contributed by atoms with Crippen LogP contribution in [-0.2, 0) is 6.42 Å². The lowest BCUT2D eigenvalue weighted by atomic mass is 9.71. The Bertz CT molecular complexity index is 286. The van der Waals surface area contributed by atoms with Crippen molar-refractivity contribution in [1.29, 1.82) is 0 Å². The molecule has 0 amide bonds. The van der Waals surface area contributed by atoms with E-state index in [1.807, 2.05) is 11.3 Å². The largest absolute Gasteiger partial charge is 0.316 e. The molecule has 0 aliphatic heterocycles. The van der Waals surface area contributed by atoms with Crippen molar-refractivity contribution >= 4 is 11.3 Å². The van der Waals surface area contributed by atoms with Gasteiger partial charge in [0.15, 0.2) is 0 Å². The fourth-order valence-electron chi connectivity index (χ4n) is 2.89. The van der Waals surface area contributed by atoms with Crippen LogP contribution in [0.1, 0.15) is 43.9 Å². The average molecular weight is 237 g/mol. The van der Waals surface area contributed by atoms with Gasteiger partial charge in [-0.15, -0.1) is 11.3 Å². The molecule has 1 nitrogen and oxygen atoms in total. The average Bonchev–Trinajstić information content (AvgIpc) is 2.80. The molecular formula is C14H23NS. The smallest absolute Gasteiger partial charge is 0.00512 e. The second kappa shape index (κ2) is 5.83. The molecule has 90 valence electrons. The van der Waals surface area contributed by atoms with Crippen LogP contribution in [0.5, 0.6) is 0 Å². The van der Waals surface area contributed by atoms with Crippen LogP contribution in [0.2, 0.25) is 0 Å². The molecular weight excluding hydrogens is 214 g/mol. The van der Waals surface area contributed by atoms with Gasteiger partial charge in [0.05, 0.1) is 0 Å². The molecule has 0 bridgehead atoms. The highest BCUT2D eigenvalue weighted by Gasteiger charge is 2.31. The van der Waals surface area contributed by atoms with Crippen molar-refractivity contribution in [2.75, 3.05) is 13.1 Å². The molecule has 1 N–H and O–H groups in total. The first-order chi connectivity index (χ1) is 7.85. The monoisotopic (exact) mass is 237 g/mol. The number of hydrogen-bond acceptors (Lipinski definition) is 2. The number of nitrogens with one attached hydrogen (secondary N) is 1. The molecule has 0 atom stereocenters. The zero-order valence-corrected chi connectivity index (χ0v) is 11.1. The standard InChI is InChI=1S/C14H23NS/c1-2-15-12-14(8-4-3-5-9-14)11-13-7-6-10-16-13/h6-7,10,15H,2-5,8-9,11-12H2,1H3. The maximum atomic E-state index is 3.58. The van der Waals surface area contributed by atoms with Gasteiger partial charge < -0.3 is 5.32 Å². The van der Waals surface area contributed by atoms with Crippen LogP contribution in [-0.4, -0.2) is 13.1 Å². The van der Waals surface area contributed by atoms with Gasteiger partial charge in [-0.05, 0) is 42.7 Å². The summed E-state index contributed by atoms with van der Waals surface area (Å²) in [4.78, 5) is 1.57. The van der Waals surface area contributed by atoms with Crippen molar-refractivity contribution in [2.45, 2.75) is 45.4 Å². The number of rotatable bonds is 5. The van der Waals surface area contributed by atoms with Crippen LogP contribution < -0.4 is 5.32 Å². The van der Waals surface area contributed by atoms with Gasteiger partial charge in [-0.1, -0.05) is 32.3 Å². The van der Waals surface area contributed by atoms with Crippen LogP contribution in [0.25, 0.3) is 0 Å². The van der Waals surface area contributed by atoms with Gasteiger partial charge in [0, 0.05) is 11.4 Å². The van der Waals surface area contributed by atoms with E-state index < -0.39 is 0 Å². The van der Waals surface area contributed by atoms with E-state index in [-0.39, 0.29) is 0 Å². The van der Waals surface area contributed by atoms with Crippen molar-refractivity contribution in [3.63, 3.8) is 0 Å². The Morgan fingerprint density at radius 2 is 2.12 bits per heavy atom. The molecule has 0 saturated heterocycles. The highest BCUT2D eigenvalue weighted by atomic mass is 32.1. The summed E-state index contributed by atoms with van der Waals surface area (Å²) < 4.78 is 0. The second-order valence-corrected chi connectivity index (χ2v) is 6.13. The van der Waals surface area contributed by atoms with Gasteiger partial charge in [-0.3, -0.25) is 0 Å². The van der Waals surface area contributed by atoms with Crippen LogP contribution >= 0.6 is 11.3 Å². The molecule has 0 radical (unpaired) electrons. The SMILES string of the molecule is CCNCC1(Cc2cccs2)CCCCC1. The first-order valence-corrected chi connectivity index (χ1v) is 7.46. The molecule has 1 fully saturated rings. The highest BCUT2D eigenvalue weighted by Crippen LogP contribution is 2.39. The summed E-state index contributed by atoms with van der Waals surface area (Å²) in [5, 5.41) is 5.78. The predicted molar refractivity (Wildman–Crippen MR) is 72.1 cm³/mol. The van der Waals surface area contributed by atoms with E-state index in [1.54, 1.807) is 4.88 Å². The summed E-state index contributed by atoms with van der Waals surface area (Å²) >= 11 is 1.92. The van der Waals surface area contributed by atoms with Crippen molar-refractivity contribution < 1.29 is 0 Å². The molecule has 0 aromatic carbocycles. The summed E-state index contributed by atoms with van der Waals surface area (Å²) in [6, 6.07) is 4.48. The summed E-state index contributed by atoms with van der Waals surface area (Å²) in [5.41, 5.74) is 0.555. The lowest BCUT2D eigenvalue weighted by molar-refractivity contribution is 0.183. The lowest BCUT2D eigenvalue weighted by Crippen LogP contribution is -2.37. The maximum Gasteiger partial charge on any atom is 0.00512 e. The third kappa shape index (κ3) is 3.08. The van der Waals surface area contributed by atoms with Crippen LogP contribution in [0, 0.1) is 5.41 Å². The molecule has 2 rings (SSSR count). The van der Waals surface area contributed by atoms with Crippen LogP contribution in [0.3, 0.4) is 0 Å². The number of hydrogen-bond donors (Lipinski definition) is 1. The van der Waals surface area contributed by atoms with E-state index >= 15 is 0 Å². The van der Waals surface area contributed by atoms with Gasteiger partial charge in [0.25, 0.3) is 0 Å². The van der Waals surface area contributed by atoms with Crippen molar-refractivity contribution in [1.82, 2.24) is 5.32 Å². The zero-order valence-electron chi connectivity index (χ0n) is 10.3. The molecule has 1 saturated carbocycles. The minimum absolute atomic E-state index is 0.555. The Labute approximate surface area is 103 Å². The Morgan fingerprint density at radius 1 is 1.31 bits per heavy atom. The molecule has 1 aromatic heterocycles. The lowest BCUT2D eigenvalue weighted by Gasteiger charge is -2.37. The van der Waals surface area contributed by atoms with E-state index in [0.717, 1.165) is 6.54 Å². The summed E-state index contributed by atoms with van der Waals surface area (Å²) in [6.07, 6.45) is 8.42. The normalized spacial score (nSPS) is 19.8. The third-order valence-corrected chi connectivity index (χ3v) is 4.67. The first kappa shape index (κ1) is 12.1. The van der Waals surface area contributed by atoms with E-state index in [2.05, 4.69) is 29.8 Å². The van der Waals surface area contributed by atoms with Crippen molar-refractivity contribution in [3.8, 4) is 0 Å². The fraction of sp³-hybridized carbons (Fsp3) is 0.714. The van der Waals surface area contributed by atoms with Gasteiger partial charge in [-0.2, -0.15) is 0 Å². The van der Waals surface area contributed by atoms with Gasteiger partial charge in [0.2, 0.25) is 0 Å².